The van der Waals surface area contributed by atoms with Crippen molar-refractivity contribution in [1.82, 2.24) is 5.32 Å². The molecule has 0 aromatic carbocycles. The van der Waals surface area contributed by atoms with Gasteiger partial charge < -0.3 is 10.4 Å². The largest absolute Gasteiger partial charge is 0.393 e. The molecule has 0 bridgehead atoms. The molecular formula is C13H29NO. The molecule has 0 aliphatic heterocycles. The van der Waals surface area contributed by atoms with E-state index in [4.69, 9.17) is 0 Å². The van der Waals surface area contributed by atoms with Gasteiger partial charge in [-0.3, -0.25) is 0 Å². The molecule has 2 nitrogen and oxygen atoms in total. The third kappa shape index (κ3) is 7.80. The zero-order valence-electron chi connectivity index (χ0n) is 11.1. The Labute approximate surface area is 95.5 Å². The Morgan fingerprint density at radius 3 is 2.27 bits per heavy atom. The minimum absolute atomic E-state index is 0.190. The average molecular weight is 215 g/mol. The van der Waals surface area contributed by atoms with E-state index < -0.39 is 0 Å². The first kappa shape index (κ1) is 14.9. The first-order valence-electron chi connectivity index (χ1n) is 6.32. The van der Waals surface area contributed by atoms with Crippen molar-refractivity contribution in [1.29, 1.82) is 0 Å². The van der Waals surface area contributed by atoms with Gasteiger partial charge in [0.25, 0.3) is 0 Å². The molecule has 0 aromatic heterocycles. The van der Waals surface area contributed by atoms with Crippen molar-refractivity contribution in [3.8, 4) is 0 Å². The van der Waals surface area contributed by atoms with Gasteiger partial charge in [0.2, 0.25) is 0 Å². The molecule has 2 heteroatoms. The highest BCUT2D eigenvalue weighted by molar-refractivity contribution is 4.76. The van der Waals surface area contributed by atoms with Crippen molar-refractivity contribution in [2.75, 3.05) is 6.54 Å². The maximum Gasteiger partial charge on any atom is 0.0517 e. The van der Waals surface area contributed by atoms with E-state index in [1.165, 1.54) is 19.3 Å². The Balaban J connectivity index is 3.89. The lowest BCUT2D eigenvalue weighted by Gasteiger charge is -2.29. The maximum atomic E-state index is 9.39. The fraction of sp³-hybridized carbons (Fsp3) is 1.00. The number of hydrogen-bond acceptors (Lipinski definition) is 2. The Morgan fingerprint density at radius 1 is 1.27 bits per heavy atom. The third-order valence-corrected chi connectivity index (χ3v) is 2.85. The summed E-state index contributed by atoms with van der Waals surface area (Å²) in [5.74, 6) is 0. The molecule has 0 saturated carbocycles. The van der Waals surface area contributed by atoms with Crippen LogP contribution in [0.4, 0.5) is 0 Å². The zero-order valence-corrected chi connectivity index (χ0v) is 11.1. The number of nitrogens with one attached hydrogen (secondary N) is 1. The number of aliphatic hydroxyl groups is 1. The molecule has 2 unspecified atom stereocenters. The van der Waals surface area contributed by atoms with E-state index >= 15 is 0 Å². The Kier molecular flexibility index (Phi) is 7.20. The summed E-state index contributed by atoms with van der Waals surface area (Å²) < 4.78 is 0. The van der Waals surface area contributed by atoms with Crippen LogP contribution in [-0.4, -0.2) is 23.8 Å². The standard InChI is InChI=1S/C13H29NO/c1-6-8-12(7-2)14-10-13(4,5)9-11(3)15/h11-12,14-15H,6-10H2,1-5H3. The molecule has 92 valence electrons. The molecule has 0 fully saturated rings. The summed E-state index contributed by atoms with van der Waals surface area (Å²) in [6, 6.07) is 0.642. The molecule has 0 heterocycles. The van der Waals surface area contributed by atoms with E-state index in [9.17, 15) is 5.11 Å². The Bertz CT molecular complexity index is 155. The van der Waals surface area contributed by atoms with Crippen LogP contribution in [0, 0.1) is 5.41 Å². The van der Waals surface area contributed by atoms with E-state index in [1.807, 2.05) is 6.92 Å². The first-order chi connectivity index (χ1) is 6.91. The van der Waals surface area contributed by atoms with Crippen LogP contribution in [0.25, 0.3) is 0 Å². The van der Waals surface area contributed by atoms with Gasteiger partial charge in [0.05, 0.1) is 6.10 Å². The summed E-state index contributed by atoms with van der Waals surface area (Å²) in [6.45, 7) is 11.7. The second-order valence-electron chi connectivity index (χ2n) is 5.49. The van der Waals surface area contributed by atoms with Crippen LogP contribution in [0.5, 0.6) is 0 Å². The van der Waals surface area contributed by atoms with Crippen LogP contribution < -0.4 is 5.32 Å². The molecule has 0 aromatic rings. The Morgan fingerprint density at radius 2 is 1.87 bits per heavy atom. The highest BCUT2D eigenvalue weighted by Gasteiger charge is 2.20. The van der Waals surface area contributed by atoms with Crippen molar-refractivity contribution >= 4 is 0 Å². The number of aliphatic hydroxyl groups excluding tert-OH is 1. The Hall–Kier alpha value is -0.0800. The monoisotopic (exact) mass is 215 g/mol. The van der Waals surface area contributed by atoms with Gasteiger partial charge in [-0.15, -0.1) is 0 Å². The summed E-state index contributed by atoms with van der Waals surface area (Å²) >= 11 is 0. The smallest absolute Gasteiger partial charge is 0.0517 e. The van der Waals surface area contributed by atoms with Crippen molar-refractivity contribution in [3.05, 3.63) is 0 Å². The molecule has 0 aliphatic carbocycles. The van der Waals surface area contributed by atoms with Crippen LogP contribution in [0.2, 0.25) is 0 Å². The summed E-state index contributed by atoms with van der Waals surface area (Å²) in [4.78, 5) is 0. The van der Waals surface area contributed by atoms with Gasteiger partial charge in [-0.05, 0) is 31.6 Å². The van der Waals surface area contributed by atoms with Gasteiger partial charge in [0, 0.05) is 12.6 Å². The summed E-state index contributed by atoms with van der Waals surface area (Å²) in [6.07, 6.45) is 4.35. The fourth-order valence-corrected chi connectivity index (χ4v) is 2.09. The van der Waals surface area contributed by atoms with E-state index in [0.29, 0.717) is 6.04 Å². The highest BCUT2D eigenvalue weighted by Crippen LogP contribution is 2.21. The van der Waals surface area contributed by atoms with Crippen molar-refractivity contribution in [3.63, 3.8) is 0 Å². The summed E-state index contributed by atoms with van der Waals surface area (Å²) in [7, 11) is 0. The van der Waals surface area contributed by atoms with E-state index in [2.05, 4.69) is 33.0 Å². The highest BCUT2D eigenvalue weighted by atomic mass is 16.3. The fourth-order valence-electron chi connectivity index (χ4n) is 2.09. The molecule has 2 N–H and O–H groups in total. The van der Waals surface area contributed by atoms with Crippen LogP contribution >= 0.6 is 0 Å². The number of hydrogen-bond donors (Lipinski definition) is 2. The molecule has 0 spiro atoms. The molecule has 0 saturated heterocycles. The van der Waals surface area contributed by atoms with Crippen LogP contribution in [0.1, 0.15) is 60.3 Å². The van der Waals surface area contributed by atoms with Crippen molar-refractivity contribution in [2.24, 2.45) is 5.41 Å². The quantitative estimate of drug-likeness (QED) is 0.652. The minimum atomic E-state index is -0.201. The lowest BCUT2D eigenvalue weighted by Crippen LogP contribution is -2.38. The van der Waals surface area contributed by atoms with Crippen molar-refractivity contribution < 1.29 is 5.11 Å². The van der Waals surface area contributed by atoms with E-state index in [1.54, 1.807) is 0 Å². The maximum absolute atomic E-state index is 9.39. The van der Waals surface area contributed by atoms with Gasteiger partial charge in [-0.1, -0.05) is 34.1 Å². The summed E-state index contributed by atoms with van der Waals surface area (Å²) in [5.41, 5.74) is 0.190. The van der Waals surface area contributed by atoms with Crippen LogP contribution in [0.3, 0.4) is 0 Å². The molecule has 0 rings (SSSR count). The van der Waals surface area contributed by atoms with Gasteiger partial charge in [-0.2, -0.15) is 0 Å². The van der Waals surface area contributed by atoms with Crippen LogP contribution in [-0.2, 0) is 0 Å². The number of rotatable bonds is 8. The minimum Gasteiger partial charge on any atom is -0.393 e. The third-order valence-electron chi connectivity index (χ3n) is 2.85. The first-order valence-corrected chi connectivity index (χ1v) is 6.32. The lowest BCUT2D eigenvalue weighted by molar-refractivity contribution is 0.126. The van der Waals surface area contributed by atoms with Gasteiger partial charge >= 0.3 is 0 Å². The average Bonchev–Trinajstić information content (AvgIpc) is 2.10. The van der Waals surface area contributed by atoms with E-state index in [0.717, 1.165) is 13.0 Å². The molecule has 15 heavy (non-hydrogen) atoms. The van der Waals surface area contributed by atoms with Gasteiger partial charge in [0.15, 0.2) is 0 Å². The zero-order chi connectivity index (χ0) is 11.9. The molecule has 0 amide bonds. The SMILES string of the molecule is CCCC(CC)NCC(C)(C)CC(C)O. The second-order valence-corrected chi connectivity index (χ2v) is 5.49. The van der Waals surface area contributed by atoms with Gasteiger partial charge in [0.1, 0.15) is 0 Å². The van der Waals surface area contributed by atoms with Crippen molar-refractivity contribution in [2.45, 2.75) is 72.4 Å². The van der Waals surface area contributed by atoms with Gasteiger partial charge in [-0.25, -0.2) is 0 Å². The normalized spacial score (nSPS) is 16.4. The predicted octanol–water partition coefficient (Wildman–Crippen LogP) is 2.95. The van der Waals surface area contributed by atoms with Crippen LogP contribution in [0.15, 0.2) is 0 Å². The molecular weight excluding hydrogens is 186 g/mol. The topological polar surface area (TPSA) is 32.3 Å². The molecule has 0 radical (unpaired) electrons. The molecule has 2 atom stereocenters. The summed E-state index contributed by atoms with van der Waals surface area (Å²) in [5, 5.41) is 13.0. The predicted molar refractivity (Wildman–Crippen MR) is 67.1 cm³/mol. The van der Waals surface area contributed by atoms with E-state index in [-0.39, 0.29) is 11.5 Å². The second kappa shape index (κ2) is 7.24. The molecule has 0 aliphatic rings. The lowest BCUT2D eigenvalue weighted by atomic mass is 9.86.